The van der Waals surface area contributed by atoms with E-state index in [9.17, 15) is 4.79 Å². The van der Waals surface area contributed by atoms with Crippen LogP contribution in [0.5, 0.6) is 0 Å². The molecule has 1 saturated carbocycles. The Morgan fingerprint density at radius 3 is 2.63 bits per heavy atom. The van der Waals surface area contributed by atoms with Gasteiger partial charge in [-0.3, -0.25) is 9.79 Å². The van der Waals surface area contributed by atoms with Crippen LogP contribution in [0.3, 0.4) is 0 Å². The second-order valence-corrected chi connectivity index (χ2v) is 7.48. The molecule has 3 N–H and O–H groups in total. The summed E-state index contributed by atoms with van der Waals surface area (Å²) in [6.45, 7) is 8.19. The van der Waals surface area contributed by atoms with E-state index in [-0.39, 0.29) is 41.3 Å². The fourth-order valence-electron chi connectivity index (χ4n) is 2.82. The van der Waals surface area contributed by atoms with Crippen molar-refractivity contribution < 1.29 is 4.79 Å². The van der Waals surface area contributed by atoms with Crippen molar-refractivity contribution in [2.45, 2.75) is 57.9 Å². The number of aliphatic imine (C=N–C) groups is 1. The first-order valence-electron chi connectivity index (χ1n) is 9.56. The summed E-state index contributed by atoms with van der Waals surface area (Å²) in [6.07, 6.45) is 3.64. The number of benzene rings is 1. The van der Waals surface area contributed by atoms with Gasteiger partial charge in [-0.2, -0.15) is 0 Å². The zero-order valence-electron chi connectivity index (χ0n) is 16.5. The van der Waals surface area contributed by atoms with Crippen molar-refractivity contribution in [3.8, 4) is 0 Å². The Bertz CT molecular complexity index is 634. The average Bonchev–Trinajstić information content (AvgIpc) is 3.41. The van der Waals surface area contributed by atoms with E-state index in [1.165, 1.54) is 5.56 Å². The monoisotopic (exact) mass is 506 g/mol. The molecule has 1 amide bonds. The molecule has 0 aliphatic heterocycles. The lowest BCUT2D eigenvalue weighted by atomic mass is 9.96. The standard InChI is InChI=1S/C20H31ClN4O.HI/c1-4-15(3)25-18(26)9-12-23-19(22-5-2)24-14-20(10-11-20)16-7-6-8-17(21)13-16;/h6-8,13,15H,4-5,9-12,14H2,1-3H3,(H,25,26)(H2,22,23,24);1H. The fourth-order valence-corrected chi connectivity index (χ4v) is 3.01. The first-order valence-corrected chi connectivity index (χ1v) is 9.94. The van der Waals surface area contributed by atoms with E-state index in [2.05, 4.69) is 28.9 Å². The van der Waals surface area contributed by atoms with Crippen LogP contribution in [-0.4, -0.2) is 37.5 Å². The molecule has 0 heterocycles. The maximum absolute atomic E-state index is 11.9. The van der Waals surface area contributed by atoms with Crippen molar-refractivity contribution in [1.82, 2.24) is 16.0 Å². The van der Waals surface area contributed by atoms with Crippen molar-refractivity contribution in [3.63, 3.8) is 0 Å². The van der Waals surface area contributed by atoms with E-state index in [1.54, 1.807) is 0 Å². The van der Waals surface area contributed by atoms with Crippen LogP contribution in [0.25, 0.3) is 0 Å². The highest BCUT2D eigenvalue weighted by Crippen LogP contribution is 2.48. The number of hydrogen-bond acceptors (Lipinski definition) is 2. The third-order valence-corrected chi connectivity index (χ3v) is 5.07. The molecule has 1 unspecified atom stereocenters. The van der Waals surface area contributed by atoms with Gasteiger partial charge in [0, 0.05) is 36.0 Å². The number of amides is 1. The fraction of sp³-hybridized carbons (Fsp3) is 0.600. The number of guanidine groups is 1. The Kier molecular flexibility index (Phi) is 10.4. The van der Waals surface area contributed by atoms with Gasteiger partial charge in [-0.1, -0.05) is 30.7 Å². The van der Waals surface area contributed by atoms with Gasteiger partial charge in [0.25, 0.3) is 0 Å². The van der Waals surface area contributed by atoms with E-state index in [0.29, 0.717) is 13.0 Å². The second kappa shape index (κ2) is 11.7. The summed E-state index contributed by atoms with van der Waals surface area (Å²) in [5.74, 6) is 0.831. The Labute approximate surface area is 185 Å². The molecule has 27 heavy (non-hydrogen) atoms. The molecule has 1 atom stereocenters. The number of halogens is 2. The minimum atomic E-state index is 0. The number of nitrogens with one attached hydrogen (secondary N) is 3. The average molecular weight is 507 g/mol. The van der Waals surface area contributed by atoms with E-state index in [0.717, 1.165) is 43.3 Å². The third kappa shape index (κ3) is 7.86. The number of nitrogens with zero attached hydrogens (tertiary/aromatic N) is 1. The Hall–Kier alpha value is -1.02. The quantitative estimate of drug-likeness (QED) is 0.271. The molecule has 0 saturated heterocycles. The van der Waals surface area contributed by atoms with Crippen LogP contribution in [0, 0.1) is 0 Å². The molecule has 1 aliphatic carbocycles. The lowest BCUT2D eigenvalue weighted by Crippen LogP contribution is -2.40. The summed E-state index contributed by atoms with van der Waals surface area (Å²) < 4.78 is 0. The normalized spacial score (nSPS) is 16.1. The minimum Gasteiger partial charge on any atom is -0.357 e. The first-order chi connectivity index (χ1) is 12.5. The van der Waals surface area contributed by atoms with E-state index in [4.69, 9.17) is 16.6 Å². The van der Waals surface area contributed by atoms with Gasteiger partial charge in [-0.25, -0.2) is 0 Å². The lowest BCUT2D eigenvalue weighted by molar-refractivity contribution is -0.121. The van der Waals surface area contributed by atoms with E-state index < -0.39 is 0 Å². The number of carbonyl (C=O) groups is 1. The molecule has 0 radical (unpaired) electrons. The number of hydrogen-bond donors (Lipinski definition) is 3. The van der Waals surface area contributed by atoms with Gasteiger partial charge < -0.3 is 16.0 Å². The molecule has 1 aromatic rings. The molecule has 1 fully saturated rings. The summed E-state index contributed by atoms with van der Waals surface area (Å²) in [5.41, 5.74) is 1.37. The Morgan fingerprint density at radius 2 is 2.04 bits per heavy atom. The molecule has 2 rings (SSSR count). The van der Waals surface area contributed by atoms with Crippen LogP contribution in [0.15, 0.2) is 29.3 Å². The summed E-state index contributed by atoms with van der Waals surface area (Å²) in [4.78, 5) is 16.6. The summed E-state index contributed by atoms with van der Waals surface area (Å²) >= 11 is 6.14. The first kappa shape index (κ1) is 24.0. The topological polar surface area (TPSA) is 65.5 Å². The summed E-state index contributed by atoms with van der Waals surface area (Å²) in [6, 6.07) is 8.30. The molecule has 0 aromatic heterocycles. The largest absolute Gasteiger partial charge is 0.357 e. The molecule has 1 aromatic carbocycles. The van der Waals surface area contributed by atoms with Gasteiger partial charge >= 0.3 is 0 Å². The van der Waals surface area contributed by atoms with E-state index in [1.807, 2.05) is 32.0 Å². The van der Waals surface area contributed by atoms with Crippen LogP contribution < -0.4 is 16.0 Å². The van der Waals surface area contributed by atoms with Crippen molar-refractivity contribution in [2.75, 3.05) is 19.6 Å². The molecule has 152 valence electrons. The van der Waals surface area contributed by atoms with Gasteiger partial charge in [0.05, 0.1) is 6.54 Å². The van der Waals surface area contributed by atoms with Crippen LogP contribution >= 0.6 is 35.6 Å². The molecular formula is C20H32ClIN4O. The van der Waals surface area contributed by atoms with Crippen molar-refractivity contribution in [3.05, 3.63) is 34.9 Å². The Balaban J connectivity index is 0.00000364. The smallest absolute Gasteiger partial charge is 0.221 e. The predicted molar refractivity (Wildman–Crippen MR) is 124 cm³/mol. The summed E-state index contributed by atoms with van der Waals surface area (Å²) in [7, 11) is 0. The third-order valence-electron chi connectivity index (χ3n) is 4.84. The maximum Gasteiger partial charge on any atom is 0.221 e. The molecule has 7 heteroatoms. The van der Waals surface area contributed by atoms with Crippen LogP contribution in [-0.2, 0) is 10.2 Å². The van der Waals surface area contributed by atoms with Crippen molar-refractivity contribution in [1.29, 1.82) is 0 Å². The molecule has 0 spiro atoms. The van der Waals surface area contributed by atoms with Gasteiger partial charge in [0.1, 0.15) is 0 Å². The summed E-state index contributed by atoms with van der Waals surface area (Å²) in [5, 5.41) is 10.3. The highest BCUT2D eigenvalue weighted by Gasteiger charge is 2.44. The molecule has 5 nitrogen and oxygen atoms in total. The van der Waals surface area contributed by atoms with Crippen LogP contribution in [0.4, 0.5) is 0 Å². The zero-order valence-corrected chi connectivity index (χ0v) is 19.6. The number of rotatable bonds is 9. The lowest BCUT2D eigenvalue weighted by Gasteiger charge is -2.16. The minimum absolute atomic E-state index is 0. The Morgan fingerprint density at radius 1 is 1.30 bits per heavy atom. The van der Waals surface area contributed by atoms with Gasteiger partial charge in [0.15, 0.2) is 5.96 Å². The second-order valence-electron chi connectivity index (χ2n) is 7.04. The zero-order chi connectivity index (χ0) is 19.0. The number of carbonyl (C=O) groups excluding carboxylic acids is 1. The van der Waals surface area contributed by atoms with Crippen LogP contribution in [0.2, 0.25) is 5.02 Å². The van der Waals surface area contributed by atoms with Crippen molar-refractivity contribution >= 4 is 47.4 Å². The predicted octanol–water partition coefficient (Wildman–Crippen LogP) is 3.85. The molecule has 1 aliphatic rings. The van der Waals surface area contributed by atoms with Gasteiger partial charge in [0.2, 0.25) is 5.91 Å². The molecule has 0 bridgehead atoms. The maximum atomic E-state index is 11.9. The van der Waals surface area contributed by atoms with Gasteiger partial charge in [-0.05, 0) is 50.8 Å². The van der Waals surface area contributed by atoms with Crippen LogP contribution in [0.1, 0.15) is 52.0 Å². The van der Waals surface area contributed by atoms with E-state index >= 15 is 0 Å². The highest BCUT2D eigenvalue weighted by molar-refractivity contribution is 14.0. The van der Waals surface area contributed by atoms with Crippen molar-refractivity contribution in [2.24, 2.45) is 4.99 Å². The van der Waals surface area contributed by atoms with Gasteiger partial charge in [-0.15, -0.1) is 24.0 Å². The molecular weight excluding hydrogens is 475 g/mol. The highest BCUT2D eigenvalue weighted by atomic mass is 127. The SMILES string of the molecule is CCNC(=NCC1(c2cccc(Cl)c2)CC1)NCCC(=O)NC(C)CC.I.